The average molecular weight is 422 g/mol. The van der Waals surface area contributed by atoms with Gasteiger partial charge < -0.3 is 14.8 Å². The molecule has 0 saturated heterocycles. The Balaban J connectivity index is 2.04. The van der Waals surface area contributed by atoms with Gasteiger partial charge in [-0.05, 0) is 41.2 Å². The predicted octanol–water partition coefficient (Wildman–Crippen LogP) is 2.92. The van der Waals surface area contributed by atoms with Crippen LogP contribution in [0, 0.1) is 17.2 Å². The number of nitriles is 1. The third-order valence-electron chi connectivity index (χ3n) is 5.40. The molecular formula is C22H18N2O5S. The second kappa shape index (κ2) is 7.76. The van der Waals surface area contributed by atoms with Gasteiger partial charge in [0.1, 0.15) is 6.07 Å². The van der Waals surface area contributed by atoms with E-state index in [9.17, 15) is 19.6 Å². The van der Waals surface area contributed by atoms with Crippen molar-refractivity contribution in [2.24, 2.45) is 5.92 Å². The second-order valence-electron chi connectivity index (χ2n) is 7.07. The molecule has 1 N–H and O–H groups in total. The fraction of sp³-hybridized carbons (Fsp3) is 0.273. The van der Waals surface area contributed by atoms with E-state index in [0.717, 1.165) is 22.9 Å². The smallest absolute Gasteiger partial charge is 0.336 e. The first kappa shape index (κ1) is 19.9. The highest BCUT2D eigenvalue weighted by atomic mass is 32.1. The molecule has 152 valence electrons. The number of aldehydes is 1. The molecule has 30 heavy (non-hydrogen) atoms. The summed E-state index contributed by atoms with van der Waals surface area (Å²) in [4.78, 5) is 37.5. The molecule has 0 radical (unpaired) electrons. The summed E-state index contributed by atoms with van der Waals surface area (Å²) in [5.41, 5.74) is 2.21. The molecule has 2 aromatic rings. The van der Waals surface area contributed by atoms with Gasteiger partial charge in [-0.3, -0.25) is 4.79 Å². The molecular weight excluding hydrogens is 404 g/mol. The van der Waals surface area contributed by atoms with E-state index in [1.165, 1.54) is 25.6 Å². The van der Waals surface area contributed by atoms with Gasteiger partial charge in [0, 0.05) is 5.70 Å². The number of nitrogens with one attached hydrogen (secondary N) is 1. The summed E-state index contributed by atoms with van der Waals surface area (Å²) in [6, 6.07) is 7.47. The van der Waals surface area contributed by atoms with Crippen LogP contribution in [0.5, 0.6) is 0 Å². The zero-order valence-corrected chi connectivity index (χ0v) is 17.2. The summed E-state index contributed by atoms with van der Waals surface area (Å²) in [7, 11) is 2.51. The van der Waals surface area contributed by atoms with Crippen molar-refractivity contribution >= 4 is 39.6 Å². The predicted molar refractivity (Wildman–Crippen MR) is 109 cm³/mol. The van der Waals surface area contributed by atoms with Crippen molar-refractivity contribution < 1.29 is 23.9 Å². The van der Waals surface area contributed by atoms with E-state index < -0.39 is 17.9 Å². The molecule has 1 aliphatic carbocycles. The van der Waals surface area contributed by atoms with Crippen molar-refractivity contribution in [1.29, 1.82) is 5.26 Å². The van der Waals surface area contributed by atoms with E-state index in [0.29, 0.717) is 28.7 Å². The number of fused-ring (bicyclic) bond motifs is 1. The lowest BCUT2D eigenvalue weighted by atomic mass is 9.79. The van der Waals surface area contributed by atoms with Gasteiger partial charge in [-0.25, -0.2) is 9.59 Å². The van der Waals surface area contributed by atoms with Gasteiger partial charge >= 0.3 is 11.9 Å². The van der Waals surface area contributed by atoms with Gasteiger partial charge in [0.25, 0.3) is 0 Å². The maximum absolute atomic E-state index is 12.9. The van der Waals surface area contributed by atoms with Gasteiger partial charge in [0.2, 0.25) is 0 Å². The fourth-order valence-corrected chi connectivity index (χ4v) is 4.96. The quantitative estimate of drug-likeness (QED) is 0.583. The molecule has 1 aromatic carbocycles. The van der Waals surface area contributed by atoms with E-state index in [-0.39, 0.29) is 17.2 Å². The number of methoxy groups -OCH3 is 2. The van der Waals surface area contributed by atoms with Crippen molar-refractivity contribution in [1.82, 2.24) is 5.32 Å². The number of benzene rings is 1. The molecule has 1 aliphatic heterocycles. The highest BCUT2D eigenvalue weighted by Crippen LogP contribution is 2.48. The number of thiophene rings is 1. The van der Waals surface area contributed by atoms with Gasteiger partial charge in [-0.1, -0.05) is 12.1 Å². The van der Waals surface area contributed by atoms with Crippen molar-refractivity contribution in [3.05, 3.63) is 57.2 Å². The molecule has 4 rings (SSSR count). The average Bonchev–Trinajstić information content (AvgIpc) is 3.54. The highest BCUT2D eigenvalue weighted by molar-refractivity contribution is 7.17. The Bertz CT molecular complexity index is 1180. The molecule has 8 heteroatoms. The van der Waals surface area contributed by atoms with Crippen LogP contribution in [-0.4, -0.2) is 32.4 Å². The minimum atomic E-state index is -0.843. The standard InChI is InChI=1S/C22H18N2O5S/c1-28-21(26)17-15(9-25)24-19(11-6-7-11)18(22(27)29-2)16(17)14-10-30-20-12(8-23)4-3-5-13(14)20/h3-5,9-11,16,24H,6-7H2,1-2H3. The lowest BCUT2D eigenvalue weighted by molar-refractivity contribution is -0.137. The fourth-order valence-electron chi connectivity index (χ4n) is 3.90. The molecule has 2 heterocycles. The maximum Gasteiger partial charge on any atom is 0.336 e. The summed E-state index contributed by atoms with van der Waals surface area (Å²) in [5, 5.41) is 15.0. The van der Waals surface area contributed by atoms with Crippen LogP contribution in [0.4, 0.5) is 0 Å². The highest BCUT2D eigenvalue weighted by Gasteiger charge is 2.44. The number of ether oxygens (including phenoxy) is 2. The van der Waals surface area contributed by atoms with Crippen LogP contribution < -0.4 is 5.32 Å². The Hall–Kier alpha value is -3.44. The number of nitrogens with zero attached hydrogens (tertiary/aromatic N) is 1. The summed E-state index contributed by atoms with van der Waals surface area (Å²) >= 11 is 1.35. The van der Waals surface area contributed by atoms with Gasteiger partial charge in [-0.15, -0.1) is 11.3 Å². The lowest BCUT2D eigenvalue weighted by Crippen LogP contribution is -2.34. The van der Waals surface area contributed by atoms with Crippen LogP contribution in [0.1, 0.15) is 29.9 Å². The number of rotatable bonds is 5. The van der Waals surface area contributed by atoms with Crippen LogP contribution in [-0.2, 0) is 23.9 Å². The maximum atomic E-state index is 12.9. The number of dihydropyridines is 1. The largest absolute Gasteiger partial charge is 0.466 e. The van der Waals surface area contributed by atoms with Crippen LogP contribution in [0.25, 0.3) is 10.1 Å². The van der Waals surface area contributed by atoms with E-state index in [2.05, 4.69) is 11.4 Å². The monoisotopic (exact) mass is 422 g/mol. The first-order valence-corrected chi connectivity index (χ1v) is 10.2. The molecule has 1 atom stereocenters. The second-order valence-corrected chi connectivity index (χ2v) is 7.95. The molecule has 0 amide bonds. The van der Waals surface area contributed by atoms with Gasteiger partial charge in [0.15, 0.2) is 6.29 Å². The van der Waals surface area contributed by atoms with Crippen LogP contribution in [0.15, 0.2) is 46.1 Å². The zero-order chi connectivity index (χ0) is 21.4. The zero-order valence-electron chi connectivity index (χ0n) is 16.4. The normalized spacial score (nSPS) is 18.6. The molecule has 1 fully saturated rings. The molecule has 1 unspecified atom stereocenters. The van der Waals surface area contributed by atoms with Crippen molar-refractivity contribution in [3.63, 3.8) is 0 Å². The Morgan fingerprint density at radius 3 is 2.50 bits per heavy atom. The van der Waals surface area contributed by atoms with Crippen molar-refractivity contribution in [3.8, 4) is 6.07 Å². The Kier molecular flexibility index (Phi) is 5.14. The van der Waals surface area contributed by atoms with Crippen LogP contribution in [0.3, 0.4) is 0 Å². The molecule has 0 spiro atoms. The third kappa shape index (κ3) is 3.08. The number of carbonyl (C=O) groups excluding carboxylic acids is 3. The number of hydrogen-bond donors (Lipinski definition) is 1. The molecule has 0 bridgehead atoms. The van der Waals surface area contributed by atoms with E-state index >= 15 is 0 Å². The van der Waals surface area contributed by atoms with Crippen LogP contribution >= 0.6 is 11.3 Å². The van der Waals surface area contributed by atoms with Crippen LogP contribution in [0.2, 0.25) is 0 Å². The van der Waals surface area contributed by atoms with Gasteiger partial charge in [-0.2, -0.15) is 5.26 Å². The molecule has 7 nitrogen and oxygen atoms in total. The Labute approximate surface area is 176 Å². The Morgan fingerprint density at radius 2 is 1.90 bits per heavy atom. The molecule has 1 saturated carbocycles. The summed E-state index contributed by atoms with van der Waals surface area (Å²) < 4.78 is 10.8. The van der Waals surface area contributed by atoms with E-state index in [1.54, 1.807) is 12.1 Å². The van der Waals surface area contributed by atoms with Crippen molar-refractivity contribution in [2.45, 2.75) is 18.8 Å². The Morgan fingerprint density at radius 1 is 1.20 bits per heavy atom. The minimum Gasteiger partial charge on any atom is -0.466 e. The summed E-state index contributed by atoms with van der Waals surface area (Å²) in [6.45, 7) is 0. The lowest BCUT2D eigenvalue weighted by Gasteiger charge is -2.30. The summed E-state index contributed by atoms with van der Waals surface area (Å²) in [6.07, 6.45) is 2.32. The summed E-state index contributed by atoms with van der Waals surface area (Å²) in [5.74, 6) is -2.03. The topological polar surface area (TPSA) is 105 Å². The molecule has 1 aromatic heterocycles. The number of allylic oxidation sites excluding steroid dienone is 2. The van der Waals surface area contributed by atoms with Gasteiger partial charge in [0.05, 0.1) is 47.2 Å². The van der Waals surface area contributed by atoms with Crippen molar-refractivity contribution in [2.75, 3.05) is 14.2 Å². The van der Waals surface area contributed by atoms with E-state index in [4.69, 9.17) is 9.47 Å². The number of hydrogen-bond acceptors (Lipinski definition) is 8. The minimum absolute atomic E-state index is 0.0550. The first-order chi connectivity index (χ1) is 14.5. The SMILES string of the molecule is COC(=O)C1=C(C=O)NC(C2CC2)=C(C(=O)OC)C1c1csc2c(C#N)cccc12. The first-order valence-electron chi connectivity index (χ1n) is 9.32. The van der Waals surface area contributed by atoms with E-state index in [1.807, 2.05) is 11.4 Å². The molecule has 2 aliphatic rings. The third-order valence-corrected chi connectivity index (χ3v) is 6.45. The number of carbonyl (C=O) groups is 3. The number of esters is 2.